The van der Waals surface area contributed by atoms with Crippen LogP contribution in [0.5, 0.6) is 0 Å². The summed E-state index contributed by atoms with van der Waals surface area (Å²) in [5.74, 6) is -1.06. The standard InChI is InChI=1S/C43H53F3N4O5S/c1-47(2)41(52)31-9-4-12-35(22-31)56(53,54)36-14-15-39(38(45)25-36)50-27-42(46,28-50)26-49-20-16-32(17-21-49)43(29-48-18-7-19-48,33-10-6-11-34(44)24-33)37-13-5-8-30(37)23-40(51)55-3/h4,6,9-12,14-15,22,24-25,30,32,37H,5,7-8,13,16-21,23,26-29H2,1-3H3/t30-,37+,43+/m1/s1. The Labute approximate surface area is 328 Å². The van der Waals surface area contributed by atoms with Crippen LogP contribution in [0.1, 0.15) is 60.9 Å². The molecule has 3 aromatic carbocycles. The summed E-state index contributed by atoms with van der Waals surface area (Å²) in [4.78, 5) is 32.2. The van der Waals surface area contributed by atoms with Crippen LogP contribution in [0.4, 0.5) is 18.9 Å². The molecule has 3 saturated heterocycles. The van der Waals surface area contributed by atoms with E-state index >= 15 is 13.2 Å². The van der Waals surface area contributed by atoms with Gasteiger partial charge in [0.15, 0.2) is 5.67 Å². The minimum Gasteiger partial charge on any atom is -0.469 e. The van der Waals surface area contributed by atoms with Crippen LogP contribution in [-0.4, -0.2) is 114 Å². The first-order valence-electron chi connectivity index (χ1n) is 19.8. The number of piperidine rings is 1. The van der Waals surface area contributed by atoms with Crippen molar-refractivity contribution in [1.82, 2.24) is 14.7 Å². The summed E-state index contributed by atoms with van der Waals surface area (Å²) in [5.41, 5.74) is -0.606. The van der Waals surface area contributed by atoms with Crippen LogP contribution in [0.3, 0.4) is 0 Å². The Morgan fingerprint density at radius 1 is 0.875 bits per heavy atom. The lowest BCUT2D eigenvalue weighted by atomic mass is 9.56. The molecule has 1 aliphatic carbocycles. The zero-order chi connectivity index (χ0) is 39.8. The van der Waals surface area contributed by atoms with E-state index in [1.807, 2.05) is 0 Å². The molecule has 0 unspecified atom stereocenters. The number of carbonyl (C=O) groups excluding carboxylic acids is 2. The summed E-state index contributed by atoms with van der Waals surface area (Å²) in [6.07, 6.45) is 6.00. The molecule has 13 heteroatoms. The summed E-state index contributed by atoms with van der Waals surface area (Å²) >= 11 is 0. The molecule has 3 aliphatic heterocycles. The number of anilines is 1. The van der Waals surface area contributed by atoms with Crippen molar-refractivity contribution in [2.75, 3.05) is 78.5 Å². The Morgan fingerprint density at radius 3 is 2.23 bits per heavy atom. The predicted molar refractivity (Wildman–Crippen MR) is 208 cm³/mol. The monoisotopic (exact) mass is 794 g/mol. The maximum atomic E-state index is 16.3. The number of hydrogen-bond acceptors (Lipinski definition) is 8. The second kappa shape index (κ2) is 16.1. The number of nitrogens with zero attached hydrogens (tertiary/aromatic N) is 4. The van der Waals surface area contributed by atoms with Gasteiger partial charge in [0.1, 0.15) is 11.6 Å². The van der Waals surface area contributed by atoms with E-state index in [9.17, 15) is 18.0 Å². The van der Waals surface area contributed by atoms with Crippen LogP contribution in [0.15, 0.2) is 76.5 Å². The number of alkyl halides is 1. The Morgan fingerprint density at radius 2 is 1.59 bits per heavy atom. The highest BCUT2D eigenvalue weighted by Crippen LogP contribution is 2.54. The second-order valence-corrected chi connectivity index (χ2v) is 18.6. The molecule has 56 heavy (non-hydrogen) atoms. The third-order valence-corrected chi connectivity index (χ3v) is 14.7. The summed E-state index contributed by atoms with van der Waals surface area (Å²) in [6.45, 7) is 4.29. The molecular weight excluding hydrogens is 742 g/mol. The largest absolute Gasteiger partial charge is 0.469 e. The maximum Gasteiger partial charge on any atom is 0.305 e. The number of sulfone groups is 1. The van der Waals surface area contributed by atoms with Crippen LogP contribution in [0, 0.1) is 29.4 Å². The second-order valence-electron chi connectivity index (χ2n) is 16.7. The normalized spacial score (nSPS) is 22.9. The van der Waals surface area contributed by atoms with Crippen LogP contribution in [-0.2, 0) is 24.8 Å². The predicted octanol–water partition coefficient (Wildman–Crippen LogP) is 6.36. The number of hydrogen-bond donors (Lipinski definition) is 0. The molecule has 0 aromatic heterocycles. The highest BCUT2D eigenvalue weighted by atomic mass is 32.2. The van der Waals surface area contributed by atoms with E-state index in [2.05, 4.69) is 15.9 Å². The molecule has 1 saturated carbocycles. The number of ether oxygens (including phenoxy) is 1. The van der Waals surface area contributed by atoms with E-state index in [1.54, 1.807) is 31.1 Å². The van der Waals surface area contributed by atoms with Crippen LogP contribution >= 0.6 is 0 Å². The van der Waals surface area contributed by atoms with Gasteiger partial charge in [-0.25, -0.2) is 21.6 Å². The van der Waals surface area contributed by atoms with Gasteiger partial charge in [-0.2, -0.15) is 0 Å². The fourth-order valence-corrected chi connectivity index (χ4v) is 11.4. The van der Waals surface area contributed by atoms with Gasteiger partial charge in [-0.15, -0.1) is 0 Å². The van der Waals surface area contributed by atoms with Gasteiger partial charge in [0.05, 0.1) is 35.7 Å². The van der Waals surface area contributed by atoms with Crippen molar-refractivity contribution in [1.29, 1.82) is 0 Å². The molecular formula is C43H53F3N4O5S. The van der Waals surface area contributed by atoms with Gasteiger partial charge in [0, 0.05) is 44.6 Å². The van der Waals surface area contributed by atoms with Crippen LogP contribution in [0.2, 0.25) is 0 Å². The smallest absolute Gasteiger partial charge is 0.305 e. The molecule has 3 atom stereocenters. The van der Waals surface area contributed by atoms with Gasteiger partial charge in [-0.3, -0.25) is 14.5 Å². The van der Waals surface area contributed by atoms with Gasteiger partial charge in [-0.05, 0) is 130 Å². The van der Waals surface area contributed by atoms with Crippen LogP contribution in [0.25, 0.3) is 0 Å². The molecule has 3 aromatic rings. The van der Waals surface area contributed by atoms with Crippen molar-refractivity contribution >= 4 is 27.4 Å². The number of likely N-dealkylation sites (tertiary alicyclic amines) is 2. The summed E-state index contributed by atoms with van der Waals surface area (Å²) in [7, 11) is 0.446. The van der Waals surface area contributed by atoms with Crippen molar-refractivity contribution in [2.24, 2.45) is 17.8 Å². The number of rotatable bonds is 13. The Bertz CT molecular complexity index is 2030. The molecule has 3 heterocycles. The van der Waals surface area contributed by atoms with Crippen molar-refractivity contribution < 1.29 is 35.9 Å². The molecule has 0 N–H and O–H groups in total. The zero-order valence-corrected chi connectivity index (χ0v) is 33.4. The number of methoxy groups -OCH3 is 1. The molecule has 0 spiro atoms. The Hall–Kier alpha value is -3.94. The fraction of sp³-hybridized carbons (Fsp3) is 0.535. The van der Waals surface area contributed by atoms with E-state index in [1.165, 1.54) is 54.5 Å². The summed E-state index contributed by atoms with van der Waals surface area (Å²) in [6, 6.07) is 16.4. The third-order valence-electron chi connectivity index (χ3n) is 12.9. The van der Waals surface area contributed by atoms with Crippen molar-refractivity contribution in [3.05, 3.63) is 89.5 Å². The van der Waals surface area contributed by atoms with E-state index in [-0.39, 0.29) is 81.5 Å². The summed E-state index contributed by atoms with van der Waals surface area (Å²) < 4.78 is 78.8. The van der Waals surface area contributed by atoms with E-state index in [0.29, 0.717) is 19.5 Å². The van der Waals surface area contributed by atoms with E-state index in [0.717, 1.165) is 69.8 Å². The fourth-order valence-electron chi connectivity index (χ4n) is 10.1. The Balaban J connectivity index is 1.03. The van der Waals surface area contributed by atoms with Crippen LogP contribution < -0.4 is 4.90 Å². The zero-order valence-electron chi connectivity index (χ0n) is 32.6. The number of amides is 1. The van der Waals surface area contributed by atoms with Gasteiger partial charge >= 0.3 is 5.97 Å². The number of carbonyl (C=O) groups is 2. The average Bonchev–Trinajstić information content (AvgIpc) is 3.61. The van der Waals surface area contributed by atoms with Crippen molar-refractivity contribution in [3.63, 3.8) is 0 Å². The molecule has 4 fully saturated rings. The third kappa shape index (κ3) is 7.96. The number of halogens is 3. The lowest BCUT2D eigenvalue weighted by molar-refractivity contribution is -0.142. The lowest BCUT2D eigenvalue weighted by Gasteiger charge is -2.54. The molecule has 1 amide bonds. The molecule has 9 nitrogen and oxygen atoms in total. The van der Waals surface area contributed by atoms with E-state index < -0.39 is 21.3 Å². The van der Waals surface area contributed by atoms with Gasteiger partial charge in [0.25, 0.3) is 5.91 Å². The van der Waals surface area contributed by atoms with E-state index in [4.69, 9.17) is 4.74 Å². The molecule has 302 valence electrons. The number of esters is 1. The average molecular weight is 795 g/mol. The molecule has 0 radical (unpaired) electrons. The Kier molecular flexibility index (Phi) is 11.6. The van der Waals surface area contributed by atoms with Crippen molar-refractivity contribution in [3.8, 4) is 0 Å². The van der Waals surface area contributed by atoms with Gasteiger partial charge in [-0.1, -0.05) is 24.6 Å². The lowest BCUT2D eigenvalue weighted by Crippen LogP contribution is -2.65. The minimum absolute atomic E-state index is 0.0237. The van der Waals surface area contributed by atoms with Crippen molar-refractivity contribution in [2.45, 2.75) is 65.8 Å². The quantitative estimate of drug-likeness (QED) is 0.185. The SMILES string of the molecule is COC(=O)C[C@H]1CCC[C@@H]1[C@](CN1CCC1)(c1cccc(F)c1)C1CCN(CC2(F)CN(c3ccc(S(=O)(=O)c4cccc(C(=O)N(C)C)c4)cc3F)C2)CC1. The first-order chi connectivity index (χ1) is 26.7. The number of benzene rings is 3. The minimum atomic E-state index is -4.12. The first kappa shape index (κ1) is 40.3. The first-order valence-corrected chi connectivity index (χ1v) is 21.3. The summed E-state index contributed by atoms with van der Waals surface area (Å²) in [5, 5.41) is 0. The van der Waals surface area contributed by atoms with Gasteiger partial charge < -0.3 is 19.4 Å². The van der Waals surface area contributed by atoms with Gasteiger partial charge in [0.2, 0.25) is 9.84 Å². The highest BCUT2D eigenvalue weighted by molar-refractivity contribution is 7.91. The molecule has 7 rings (SSSR count). The molecule has 4 aliphatic rings. The highest BCUT2D eigenvalue weighted by Gasteiger charge is 2.53. The maximum absolute atomic E-state index is 16.3. The molecule has 0 bridgehead atoms. The topological polar surface area (TPSA) is 90.5 Å².